The van der Waals surface area contributed by atoms with E-state index in [0.29, 0.717) is 18.0 Å². The Morgan fingerprint density at radius 2 is 2.22 bits per heavy atom. The number of nitrogens with zero attached hydrogens (tertiary/aromatic N) is 1. The van der Waals surface area contributed by atoms with Gasteiger partial charge in [-0.15, -0.1) is 0 Å². The van der Waals surface area contributed by atoms with E-state index in [1.54, 1.807) is 0 Å². The molecule has 2 nitrogen and oxygen atoms in total. The summed E-state index contributed by atoms with van der Waals surface area (Å²) in [5.41, 5.74) is 7.16. The normalized spacial score (nSPS) is 25.6. The van der Waals surface area contributed by atoms with Crippen molar-refractivity contribution in [2.75, 3.05) is 13.6 Å². The second kappa shape index (κ2) is 6.05. The maximum absolute atomic E-state index is 6.07. The molecule has 0 heterocycles. The third-order valence-corrected chi connectivity index (χ3v) is 4.62. The number of benzene rings is 1. The van der Waals surface area contributed by atoms with Crippen LogP contribution in [-0.2, 0) is 0 Å². The van der Waals surface area contributed by atoms with Crippen LogP contribution in [0.2, 0.25) is 5.02 Å². The van der Waals surface area contributed by atoms with E-state index in [1.165, 1.54) is 24.8 Å². The van der Waals surface area contributed by atoms with Gasteiger partial charge in [0.1, 0.15) is 0 Å². The van der Waals surface area contributed by atoms with Gasteiger partial charge in [0.2, 0.25) is 0 Å². The molecule has 0 saturated heterocycles. The van der Waals surface area contributed by atoms with Crippen molar-refractivity contribution >= 4 is 11.6 Å². The summed E-state index contributed by atoms with van der Waals surface area (Å²) in [6.07, 6.45) is 3.84. The van der Waals surface area contributed by atoms with Gasteiger partial charge in [-0.05, 0) is 57.0 Å². The SMILES string of the molecule is CC(c1cccc(Cl)c1)N(C)C1CCCC1CN. The first kappa shape index (κ1) is 13.9. The molecule has 0 spiro atoms. The smallest absolute Gasteiger partial charge is 0.0409 e. The first-order valence-corrected chi connectivity index (χ1v) is 7.18. The van der Waals surface area contributed by atoms with E-state index < -0.39 is 0 Å². The third kappa shape index (κ3) is 2.87. The quantitative estimate of drug-likeness (QED) is 0.904. The minimum Gasteiger partial charge on any atom is -0.330 e. The maximum atomic E-state index is 6.07. The zero-order valence-corrected chi connectivity index (χ0v) is 12.0. The van der Waals surface area contributed by atoms with Crippen molar-refractivity contribution in [3.8, 4) is 0 Å². The number of rotatable bonds is 4. The van der Waals surface area contributed by atoms with Crippen LogP contribution in [0.25, 0.3) is 0 Å². The van der Waals surface area contributed by atoms with Gasteiger partial charge in [-0.1, -0.05) is 30.2 Å². The average molecular weight is 267 g/mol. The summed E-state index contributed by atoms with van der Waals surface area (Å²) in [5, 5.41) is 0.814. The minimum atomic E-state index is 0.390. The van der Waals surface area contributed by atoms with Crippen LogP contribution in [0, 0.1) is 5.92 Å². The Balaban J connectivity index is 2.10. The minimum absolute atomic E-state index is 0.390. The molecule has 1 fully saturated rings. The maximum Gasteiger partial charge on any atom is 0.0409 e. The summed E-state index contributed by atoms with van der Waals surface area (Å²) in [6.45, 7) is 3.05. The number of hydrogen-bond donors (Lipinski definition) is 1. The highest BCUT2D eigenvalue weighted by Gasteiger charge is 2.31. The standard InChI is InChI=1S/C15H23ClN2/c1-11(12-5-3-7-14(16)9-12)18(2)15-8-4-6-13(15)10-17/h3,5,7,9,11,13,15H,4,6,8,10,17H2,1-2H3. The van der Waals surface area contributed by atoms with Gasteiger partial charge < -0.3 is 5.73 Å². The van der Waals surface area contributed by atoms with Crippen molar-refractivity contribution in [1.29, 1.82) is 0 Å². The molecule has 1 aliphatic carbocycles. The largest absolute Gasteiger partial charge is 0.330 e. The van der Waals surface area contributed by atoms with Gasteiger partial charge in [0.05, 0.1) is 0 Å². The highest BCUT2D eigenvalue weighted by molar-refractivity contribution is 6.30. The van der Waals surface area contributed by atoms with E-state index in [9.17, 15) is 0 Å². The Hall–Kier alpha value is -0.570. The lowest BCUT2D eigenvalue weighted by Crippen LogP contribution is -2.39. The molecular formula is C15H23ClN2. The lowest BCUT2D eigenvalue weighted by atomic mass is 9.99. The monoisotopic (exact) mass is 266 g/mol. The molecule has 0 radical (unpaired) electrons. The predicted octanol–water partition coefficient (Wildman–Crippen LogP) is 3.46. The molecule has 3 atom stereocenters. The van der Waals surface area contributed by atoms with Crippen molar-refractivity contribution in [1.82, 2.24) is 4.90 Å². The van der Waals surface area contributed by atoms with E-state index in [4.69, 9.17) is 17.3 Å². The zero-order chi connectivity index (χ0) is 13.1. The van der Waals surface area contributed by atoms with Crippen LogP contribution < -0.4 is 5.73 Å². The van der Waals surface area contributed by atoms with Gasteiger partial charge in [-0.25, -0.2) is 0 Å². The van der Waals surface area contributed by atoms with Crippen LogP contribution in [0.1, 0.15) is 37.8 Å². The predicted molar refractivity (Wildman–Crippen MR) is 77.8 cm³/mol. The van der Waals surface area contributed by atoms with Crippen molar-refractivity contribution in [3.63, 3.8) is 0 Å². The molecule has 1 aliphatic rings. The van der Waals surface area contributed by atoms with Crippen LogP contribution in [0.4, 0.5) is 0 Å². The van der Waals surface area contributed by atoms with E-state index in [-0.39, 0.29) is 0 Å². The lowest BCUT2D eigenvalue weighted by Gasteiger charge is -2.34. The summed E-state index contributed by atoms with van der Waals surface area (Å²) >= 11 is 6.07. The van der Waals surface area contributed by atoms with Crippen molar-refractivity contribution in [2.45, 2.75) is 38.3 Å². The fraction of sp³-hybridized carbons (Fsp3) is 0.600. The molecule has 0 aromatic heterocycles. The molecule has 1 aromatic carbocycles. The molecule has 0 amide bonds. The van der Waals surface area contributed by atoms with Gasteiger partial charge in [-0.3, -0.25) is 4.90 Å². The third-order valence-electron chi connectivity index (χ3n) is 4.39. The molecule has 1 saturated carbocycles. The average Bonchev–Trinajstić information content (AvgIpc) is 2.85. The first-order chi connectivity index (χ1) is 8.63. The molecule has 3 unspecified atom stereocenters. The van der Waals surface area contributed by atoms with E-state index >= 15 is 0 Å². The van der Waals surface area contributed by atoms with Gasteiger partial charge in [0.25, 0.3) is 0 Å². The fourth-order valence-electron chi connectivity index (χ4n) is 3.12. The summed E-state index contributed by atoms with van der Waals surface area (Å²) in [6, 6.07) is 9.17. The number of nitrogens with two attached hydrogens (primary N) is 1. The van der Waals surface area contributed by atoms with Crippen LogP contribution in [0.5, 0.6) is 0 Å². The Labute approximate surface area is 115 Å². The summed E-state index contributed by atoms with van der Waals surface area (Å²) < 4.78 is 0. The van der Waals surface area contributed by atoms with Crippen molar-refractivity contribution < 1.29 is 0 Å². The zero-order valence-electron chi connectivity index (χ0n) is 11.3. The molecular weight excluding hydrogens is 244 g/mol. The topological polar surface area (TPSA) is 29.3 Å². The second-order valence-corrected chi connectivity index (χ2v) is 5.83. The van der Waals surface area contributed by atoms with Gasteiger partial charge in [0, 0.05) is 17.1 Å². The fourth-order valence-corrected chi connectivity index (χ4v) is 3.32. The van der Waals surface area contributed by atoms with Gasteiger partial charge in [0.15, 0.2) is 0 Å². The molecule has 2 N–H and O–H groups in total. The molecule has 0 bridgehead atoms. The van der Waals surface area contributed by atoms with Crippen molar-refractivity contribution in [3.05, 3.63) is 34.9 Å². The van der Waals surface area contributed by atoms with Crippen molar-refractivity contribution in [2.24, 2.45) is 11.7 Å². The molecule has 100 valence electrons. The Morgan fingerprint density at radius 1 is 1.44 bits per heavy atom. The van der Waals surface area contributed by atoms with Crippen LogP contribution >= 0.6 is 11.6 Å². The van der Waals surface area contributed by atoms with Crippen LogP contribution in [0.15, 0.2) is 24.3 Å². The molecule has 2 rings (SSSR count). The summed E-state index contributed by atoms with van der Waals surface area (Å²) in [5.74, 6) is 0.650. The first-order valence-electron chi connectivity index (χ1n) is 6.81. The Morgan fingerprint density at radius 3 is 2.89 bits per heavy atom. The van der Waals surface area contributed by atoms with E-state index in [1.807, 2.05) is 12.1 Å². The second-order valence-electron chi connectivity index (χ2n) is 5.39. The number of halogens is 1. The number of hydrogen-bond acceptors (Lipinski definition) is 2. The van der Waals surface area contributed by atoms with Gasteiger partial charge >= 0.3 is 0 Å². The van der Waals surface area contributed by atoms with Gasteiger partial charge in [-0.2, -0.15) is 0 Å². The Bertz CT molecular complexity index is 394. The summed E-state index contributed by atoms with van der Waals surface area (Å²) in [7, 11) is 2.21. The van der Waals surface area contributed by atoms with E-state index in [0.717, 1.165) is 11.6 Å². The highest BCUT2D eigenvalue weighted by atomic mass is 35.5. The Kier molecular flexibility index (Phi) is 4.66. The lowest BCUT2D eigenvalue weighted by molar-refractivity contribution is 0.152. The summed E-state index contributed by atoms with van der Waals surface area (Å²) in [4.78, 5) is 2.47. The van der Waals surface area contributed by atoms with E-state index in [2.05, 4.69) is 31.0 Å². The molecule has 3 heteroatoms. The molecule has 0 aliphatic heterocycles. The van der Waals surface area contributed by atoms with Crippen LogP contribution in [-0.4, -0.2) is 24.5 Å². The molecule has 18 heavy (non-hydrogen) atoms. The van der Waals surface area contributed by atoms with Crippen LogP contribution in [0.3, 0.4) is 0 Å². The molecule has 1 aromatic rings. The highest BCUT2D eigenvalue weighted by Crippen LogP contribution is 2.33.